The topological polar surface area (TPSA) is 105 Å². The molecule has 4 heterocycles. The molecule has 0 aliphatic carbocycles. The lowest BCUT2D eigenvalue weighted by atomic mass is 10.0. The average Bonchev–Trinajstić information content (AvgIpc) is 3.58. The fourth-order valence-corrected chi connectivity index (χ4v) is 5.03. The van der Waals surface area contributed by atoms with Crippen LogP contribution in [0, 0.1) is 5.92 Å². The van der Waals surface area contributed by atoms with E-state index in [-0.39, 0.29) is 12.2 Å². The summed E-state index contributed by atoms with van der Waals surface area (Å²) in [5.74, 6) is 1.17. The molecule has 2 saturated heterocycles. The molecule has 4 atom stereocenters. The fourth-order valence-electron chi connectivity index (χ4n) is 4.77. The Hall–Kier alpha value is -3.17. The number of hydrogen-bond donors (Lipinski definition) is 2. The molecule has 2 aromatic carbocycles. The number of fused-ring (bicyclic) bond motifs is 2. The van der Waals surface area contributed by atoms with Crippen molar-refractivity contribution in [1.82, 2.24) is 15.0 Å². The van der Waals surface area contributed by atoms with Crippen LogP contribution in [0.5, 0.6) is 11.8 Å². The van der Waals surface area contributed by atoms with Gasteiger partial charge in [0, 0.05) is 24.4 Å². The summed E-state index contributed by atoms with van der Waals surface area (Å²) in [5.41, 5.74) is 10.5. The Morgan fingerprint density at radius 1 is 1.06 bits per heavy atom. The summed E-state index contributed by atoms with van der Waals surface area (Å²) in [6.45, 7) is 3.85. The molecule has 4 aromatic rings. The van der Waals surface area contributed by atoms with Crippen LogP contribution in [0.2, 0.25) is 5.02 Å². The van der Waals surface area contributed by atoms with E-state index in [4.69, 9.17) is 41.3 Å². The van der Waals surface area contributed by atoms with Gasteiger partial charge < -0.3 is 29.7 Å². The molecular weight excluding hydrogens is 480 g/mol. The van der Waals surface area contributed by atoms with Gasteiger partial charge in [-0.1, -0.05) is 54.9 Å². The Morgan fingerprint density at radius 2 is 1.78 bits per heavy atom. The van der Waals surface area contributed by atoms with E-state index < -0.39 is 6.29 Å². The Morgan fingerprint density at radius 3 is 2.50 bits per heavy atom. The van der Waals surface area contributed by atoms with E-state index >= 15 is 0 Å². The third-order valence-electron chi connectivity index (χ3n) is 6.61. The molecule has 0 bridgehead atoms. The Kier molecular flexibility index (Phi) is 6.27. The summed E-state index contributed by atoms with van der Waals surface area (Å²) in [4.78, 5) is 12.4. The molecule has 0 radical (unpaired) electrons. The summed E-state index contributed by atoms with van der Waals surface area (Å²) < 4.78 is 23.3. The Labute approximate surface area is 213 Å². The number of nitrogens with one attached hydrogen (secondary N) is 1. The van der Waals surface area contributed by atoms with E-state index in [9.17, 15) is 0 Å². The molecule has 0 amide bonds. The van der Waals surface area contributed by atoms with Crippen molar-refractivity contribution in [1.29, 1.82) is 0 Å². The molecule has 2 aliphatic heterocycles. The van der Waals surface area contributed by atoms with Gasteiger partial charge >= 0.3 is 0 Å². The maximum Gasteiger partial charge on any atom is 0.298 e. The lowest BCUT2D eigenvalue weighted by molar-refractivity contribution is -0.0863. The van der Waals surface area contributed by atoms with Gasteiger partial charge in [-0.05, 0) is 29.3 Å². The Bertz CT molecular complexity index is 1360. The van der Waals surface area contributed by atoms with Crippen LogP contribution < -0.4 is 15.2 Å². The lowest BCUT2D eigenvalue weighted by Gasteiger charge is -2.14. The molecule has 0 saturated carbocycles. The van der Waals surface area contributed by atoms with Crippen molar-refractivity contribution >= 4 is 22.8 Å². The monoisotopic (exact) mass is 506 g/mol. The molecule has 186 valence electrons. The van der Waals surface area contributed by atoms with Crippen LogP contribution in [0.4, 0.5) is 0 Å². The number of imidazole rings is 1. The third kappa shape index (κ3) is 4.53. The smallest absolute Gasteiger partial charge is 0.298 e. The molecule has 2 aromatic heterocycles. The second-order valence-electron chi connectivity index (χ2n) is 9.20. The molecule has 8 nitrogen and oxygen atoms in total. The van der Waals surface area contributed by atoms with Gasteiger partial charge in [-0.3, -0.25) is 0 Å². The minimum absolute atomic E-state index is 0.0731. The van der Waals surface area contributed by atoms with Gasteiger partial charge in [-0.2, -0.15) is 4.98 Å². The molecular formula is C27H27ClN4O4. The van der Waals surface area contributed by atoms with E-state index in [2.05, 4.69) is 16.9 Å². The summed E-state index contributed by atoms with van der Waals surface area (Å²) in [7, 11) is 0. The molecule has 9 heteroatoms. The van der Waals surface area contributed by atoms with E-state index in [0.717, 1.165) is 29.0 Å². The predicted octanol–water partition coefficient (Wildman–Crippen LogP) is 4.81. The predicted molar refractivity (Wildman–Crippen MR) is 137 cm³/mol. The molecule has 0 unspecified atom stereocenters. The van der Waals surface area contributed by atoms with Crippen molar-refractivity contribution in [3.63, 3.8) is 0 Å². The van der Waals surface area contributed by atoms with Crippen molar-refractivity contribution in [2.45, 2.75) is 31.8 Å². The number of aromatic nitrogens is 3. The maximum absolute atomic E-state index is 6.60. The van der Waals surface area contributed by atoms with Crippen LogP contribution in [0.3, 0.4) is 0 Å². The van der Waals surface area contributed by atoms with Gasteiger partial charge in [0.15, 0.2) is 5.65 Å². The van der Waals surface area contributed by atoms with Crippen LogP contribution in [-0.4, -0.2) is 53.2 Å². The van der Waals surface area contributed by atoms with E-state index in [1.165, 1.54) is 0 Å². The number of benzene rings is 2. The zero-order valence-electron chi connectivity index (χ0n) is 19.8. The standard InChI is InChI=1S/C27H27ClN4O4/c1-15-14-34-22-13-23(35-25(15)22)36-27-30-21-12-20(28)24(31-26(21)32-27)18-4-2-16(3-5-18)17-6-8-19(9-7-17)33-11-10-29/h2-9,12,15,22-23,25H,10-11,13-14,29H2,1H3,(H,30,31,32)/t15-,22-,23+,25-/m1/s1. The molecule has 6 rings (SSSR count). The second kappa shape index (κ2) is 9.71. The first kappa shape index (κ1) is 23.2. The van der Waals surface area contributed by atoms with Gasteiger partial charge in [0.2, 0.25) is 6.29 Å². The number of ether oxygens (including phenoxy) is 4. The van der Waals surface area contributed by atoms with Crippen molar-refractivity contribution in [2.75, 3.05) is 19.8 Å². The number of pyridine rings is 1. The summed E-state index contributed by atoms with van der Waals surface area (Å²) in [6, 6.07) is 18.2. The number of hydrogen-bond acceptors (Lipinski definition) is 7. The quantitative estimate of drug-likeness (QED) is 0.370. The van der Waals surface area contributed by atoms with E-state index in [1.54, 1.807) is 0 Å². The highest BCUT2D eigenvalue weighted by molar-refractivity contribution is 6.33. The number of H-pyrrole nitrogens is 1. The van der Waals surface area contributed by atoms with Crippen molar-refractivity contribution in [3.05, 3.63) is 59.6 Å². The molecule has 2 aliphatic rings. The van der Waals surface area contributed by atoms with Crippen LogP contribution >= 0.6 is 11.6 Å². The van der Waals surface area contributed by atoms with Crippen LogP contribution in [0.1, 0.15) is 13.3 Å². The van der Waals surface area contributed by atoms with Crippen molar-refractivity contribution < 1.29 is 18.9 Å². The third-order valence-corrected chi connectivity index (χ3v) is 6.90. The largest absolute Gasteiger partial charge is 0.492 e. The van der Waals surface area contributed by atoms with Crippen LogP contribution in [0.15, 0.2) is 54.6 Å². The first-order chi connectivity index (χ1) is 17.6. The summed E-state index contributed by atoms with van der Waals surface area (Å²) in [6.07, 6.45) is 0.441. The summed E-state index contributed by atoms with van der Waals surface area (Å²) in [5, 5.41) is 0.528. The zero-order chi connectivity index (χ0) is 24.6. The minimum atomic E-state index is -0.396. The number of rotatable bonds is 7. The zero-order valence-corrected chi connectivity index (χ0v) is 20.6. The normalized spacial score (nSPS) is 23.2. The van der Waals surface area contributed by atoms with Gasteiger partial charge in [-0.25, -0.2) is 4.98 Å². The number of aromatic amines is 1. The van der Waals surface area contributed by atoms with Gasteiger partial charge in [0.05, 0.1) is 35.0 Å². The van der Waals surface area contributed by atoms with Crippen molar-refractivity contribution in [3.8, 4) is 34.1 Å². The van der Waals surface area contributed by atoms with Crippen molar-refractivity contribution in [2.24, 2.45) is 11.7 Å². The molecule has 0 spiro atoms. The minimum Gasteiger partial charge on any atom is -0.492 e. The second-order valence-corrected chi connectivity index (χ2v) is 9.61. The van der Waals surface area contributed by atoms with Gasteiger partial charge in [0.1, 0.15) is 12.4 Å². The highest BCUT2D eigenvalue weighted by atomic mass is 35.5. The number of nitrogens with two attached hydrogens (primary N) is 1. The first-order valence-electron chi connectivity index (χ1n) is 12.1. The highest BCUT2D eigenvalue weighted by Gasteiger charge is 2.45. The maximum atomic E-state index is 6.60. The van der Waals surface area contributed by atoms with Crippen LogP contribution in [0.25, 0.3) is 33.5 Å². The lowest BCUT2D eigenvalue weighted by Crippen LogP contribution is -2.22. The molecule has 36 heavy (non-hydrogen) atoms. The fraction of sp³-hybridized carbons (Fsp3) is 0.333. The molecule has 2 fully saturated rings. The first-order valence-corrected chi connectivity index (χ1v) is 12.5. The molecule has 3 N–H and O–H groups in total. The van der Waals surface area contributed by atoms with Gasteiger partial charge in [-0.15, -0.1) is 0 Å². The SMILES string of the molecule is C[C@@H]1CO[C@@H]2C[C@H](Oc3nc4nc(-c5ccc(-c6ccc(OCCN)cc6)cc5)c(Cl)cc4[nH]3)O[C@H]12. The van der Waals surface area contributed by atoms with E-state index in [0.29, 0.717) is 53.4 Å². The van der Waals surface area contributed by atoms with Gasteiger partial charge in [0.25, 0.3) is 6.01 Å². The Balaban J connectivity index is 1.18. The summed E-state index contributed by atoms with van der Waals surface area (Å²) >= 11 is 6.60. The van der Waals surface area contributed by atoms with E-state index in [1.807, 2.05) is 54.6 Å². The number of nitrogens with zero attached hydrogens (tertiary/aromatic N) is 2. The number of halogens is 1. The van der Waals surface area contributed by atoms with Crippen LogP contribution in [-0.2, 0) is 9.47 Å². The highest BCUT2D eigenvalue weighted by Crippen LogP contribution is 2.35. The average molecular weight is 507 g/mol.